The highest BCUT2D eigenvalue weighted by atomic mass is 19.4. The van der Waals surface area contributed by atoms with E-state index < -0.39 is 17.8 Å². The predicted octanol–water partition coefficient (Wildman–Crippen LogP) is 2.11. The molecule has 0 spiro atoms. The van der Waals surface area contributed by atoms with Crippen LogP contribution in [0.1, 0.15) is 5.69 Å². The summed E-state index contributed by atoms with van der Waals surface area (Å²) in [5, 5.41) is 5.84. The quantitative estimate of drug-likeness (QED) is 0.782. The molecule has 0 aliphatic carbocycles. The fraction of sp³-hybridized carbons (Fsp3) is 0.333. The minimum atomic E-state index is -4.52. The van der Waals surface area contributed by atoms with Crippen molar-refractivity contribution in [2.75, 3.05) is 20.3 Å². The number of ether oxygens (including phenoxy) is 2. The molecule has 0 fully saturated rings. The van der Waals surface area contributed by atoms with Crippen molar-refractivity contribution in [2.24, 2.45) is 0 Å². The SMILES string of the molecule is COc1ccc(OCCNC(=O)Cn2ccc(C(F)(F)F)n2)cc1. The van der Waals surface area contributed by atoms with E-state index in [0.717, 1.165) is 16.9 Å². The van der Waals surface area contributed by atoms with Gasteiger partial charge in [0.25, 0.3) is 0 Å². The number of hydrogen-bond acceptors (Lipinski definition) is 4. The van der Waals surface area contributed by atoms with Gasteiger partial charge in [0.1, 0.15) is 24.7 Å². The van der Waals surface area contributed by atoms with Gasteiger partial charge in [-0.05, 0) is 30.3 Å². The number of benzene rings is 1. The maximum atomic E-state index is 12.4. The normalized spacial score (nSPS) is 11.2. The molecule has 130 valence electrons. The lowest BCUT2D eigenvalue weighted by atomic mass is 10.3. The van der Waals surface area contributed by atoms with Crippen molar-refractivity contribution in [1.82, 2.24) is 15.1 Å². The van der Waals surface area contributed by atoms with Crippen LogP contribution in [0.15, 0.2) is 36.5 Å². The van der Waals surface area contributed by atoms with Gasteiger partial charge in [-0.1, -0.05) is 0 Å². The van der Waals surface area contributed by atoms with E-state index in [0.29, 0.717) is 11.5 Å². The minimum absolute atomic E-state index is 0.220. The summed E-state index contributed by atoms with van der Waals surface area (Å²) in [6.45, 7) is 0.155. The Labute approximate surface area is 136 Å². The van der Waals surface area contributed by atoms with Crippen LogP contribution in [0, 0.1) is 0 Å². The largest absolute Gasteiger partial charge is 0.497 e. The lowest BCUT2D eigenvalue weighted by Crippen LogP contribution is -2.31. The minimum Gasteiger partial charge on any atom is -0.497 e. The molecule has 6 nitrogen and oxygen atoms in total. The number of amides is 1. The third-order valence-corrected chi connectivity index (χ3v) is 2.99. The van der Waals surface area contributed by atoms with Gasteiger partial charge in [0.2, 0.25) is 5.91 Å². The van der Waals surface area contributed by atoms with Gasteiger partial charge in [0.05, 0.1) is 13.7 Å². The Hall–Kier alpha value is -2.71. The highest BCUT2D eigenvalue weighted by Crippen LogP contribution is 2.27. The van der Waals surface area contributed by atoms with Gasteiger partial charge in [-0.25, -0.2) is 0 Å². The summed E-state index contributed by atoms with van der Waals surface area (Å²) in [4.78, 5) is 11.6. The second-order valence-electron chi connectivity index (χ2n) is 4.77. The summed E-state index contributed by atoms with van der Waals surface area (Å²) >= 11 is 0. The topological polar surface area (TPSA) is 65.4 Å². The van der Waals surface area contributed by atoms with Crippen molar-refractivity contribution in [3.05, 3.63) is 42.2 Å². The maximum Gasteiger partial charge on any atom is 0.435 e. The Morgan fingerprint density at radius 3 is 2.46 bits per heavy atom. The average Bonchev–Trinajstić information content (AvgIpc) is 3.01. The lowest BCUT2D eigenvalue weighted by molar-refractivity contribution is -0.141. The molecule has 0 radical (unpaired) electrons. The smallest absolute Gasteiger partial charge is 0.435 e. The van der Waals surface area contributed by atoms with Crippen molar-refractivity contribution < 1.29 is 27.4 Å². The summed E-state index contributed by atoms with van der Waals surface area (Å²) in [7, 11) is 1.56. The second-order valence-corrected chi connectivity index (χ2v) is 4.77. The molecule has 0 aliphatic rings. The first kappa shape index (κ1) is 17.6. The Bertz CT molecular complexity index is 669. The van der Waals surface area contributed by atoms with Crippen LogP contribution in [-0.4, -0.2) is 35.9 Å². The Kier molecular flexibility index (Phi) is 5.67. The monoisotopic (exact) mass is 343 g/mol. The van der Waals surface area contributed by atoms with E-state index in [2.05, 4.69) is 10.4 Å². The van der Waals surface area contributed by atoms with Crippen molar-refractivity contribution in [2.45, 2.75) is 12.7 Å². The standard InChI is InChI=1S/C15H16F3N3O3/c1-23-11-2-4-12(5-3-11)24-9-7-19-14(22)10-21-8-6-13(20-21)15(16,17)18/h2-6,8H,7,9-10H2,1H3,(H,19,22). The van der Waals surface area contributed by atoms with E-state index in [9.17, 15) is 18.0 Å². The van der Waals surface area contributed by atoms with Gasteiger partial charge < -0.3 is 14.8 Å². The first-order valence-electron chi connectivity index (χ1n) is 7.02. The fourth-order valence-electron chi connectivity index (χ4n) is 1.84. The number of halogens is 3. The molecule has 1 heterocycles. The molecule has 1 N–H and O–H groups in total. The summed E-state index contributed by atoms with van der Waals surface area (Å²) < 4.78 is 48.5. The number of nitrogens with one attached hydrogen (secondary N) is 1. The van der Waals surface area contributed by atoms with Crippen LogP contribution in [0.5, 0.6) is 11.5 Å². The van der Waals surface area contributed by atoms with E-state index in [1.54, 1.807) is 31.4 Å². The zero-order chi connectivity index (χ0) is 17.6. The number of rotatable bonds is 7. The first-order valence-corrected chi connectivity index (χ1v) is 7.02. The summed E-state index contributed by atoms with van der Waals surface area (Å²) in [6.07, 6.45) is -3.41. The van der Waals surface area contributed by atoms with Gasteiger partial charge in [-0.15, -0.1) is 0 Å². The number of carbonyl (C=O) groups is 1. The molecule has 9 heteroatoms. The zero-order valence-electron chi connectivity index (χ0n) is 12.8. The molecule has 2 aromatic rings. The van der Waals surface area contributed by atoms with Gasteiger partial charge in [-0.2, -0.15) is 18.3 Å². The molecule has 2 rings (SSSR count). The molecule has 1 amide bonds. The van der Waals surface area contributed by atoms with Gasteiger partial charge >= 0.3 is 6.18 Å². The number of methoxy groups -OCH3 is 1. The van der Waals surface area contributed by atoms with E-state index in [1.807, 2.05) is 0 Å². The average molecular weight is 343 g/mol. The highest BCUT2D eigenvalue weighted by molar-refractivity contribution is 5.75. The zero-order valence-corrected chi connectivity index (χ0v) is 12.8. The van der Waals surface area contributed by atoms with Crippen molar-refractivity contribution >= 4 is 5.91 Å². The van der Waals surface area contributed by atoms with Crippen LogP contribution in [-0.2, 0) is 17.5 Å². The second kappa shape index (κ2) is 7.71. The molecule has 0 aliphatic heterocycles. The third kappa shape index (κ3) is 5.18. The number of nitrogens with zero attached hydrogens (tertiary/aromatic N) is 2. The van der Waals surface area contributed by atoms with Gasteiger partial charge in [0, 0.05) is 6.20 Å². The number of hydrogen-bond donors (Lipinski definition) is 1. The Morgan fingerprint density at radius 2 is 1.88 bits per heavy atom. The molecular formula is C15H16F3N3O3. The summed E-state index contributed by atoms with van der Waals surface area (Å²) in [5.74, 6) is 0.866. The van der Waals surface area contributed by atoms with Crippen LogP contribution in [0.25, 0.3) is 0 Å². The molecule has 0 bridgehead atoms. The molecule has 0 saturated carbocycles. The Morgan fingerprint density at radius 1 is 1.21 bits per heavy atom. The van der Waals surface area contributed by atoms with E-state index in [-0.39, 0.29) is 19.7 Å². The fourth-order valence-corrected chi connectivity index (χ4v) is 1.84. The first-order chi connectivity index (χ1) is 11.4. The van der Waals surface area contributed by atoms with E-state index >= 15 is 0 Å². The number of aromatic nitrogens is 2. The third-order valence-electron chi connectivity index (χ3n) is 2.99. The van der Waals surface area contributed by atoms with Gasteiger partial charge in [-0.3, -0.25) is 9.48 Å². The van der Waals surface area contributed by atoms with Crippen LogP contribution in [0.4, 0.5) is 13.2 Å². The molecule has 0 unspecified atom stereocenters. The number of carbonyl (C=O) groups excluding carboxylic acids is 1. The van der Waals surface area contributed by atoms with E-state index in [1.165, 1.54) is 0 Å². The van der Waals surface area contributed by atoms with Gasteiger partial charge in [0.15, 0.2) is 5.69 Å². The number of alkyl halides is 3. The molecule has 1 aromatic carbocycles. The van der Waals surface area contributed by atoms with Crippen molar-refractivity contribution in [3.63, 3.8) is 0 Å². The van der Waals surface area contributed by atoms with E-state index in [4.69, 9.17) is 9.47 Å². The van der Waals surface area contributed by atoms with Crippen molar-refractivity contribution in [1.29, 1.82) is 0 Å². The maximum absolute atomic E-state index is 12.4. The lowest BCUT2D eigenvalue weighted by Gasteiger charge is -2.08. The predicted molar refractivity (Wildman–Crippen MR) is 78.7 cm³/mol. The van der Waals surface area contributed by atoms with Crippen molar-refractivity contribution in [3.8, 4) is 11.5 Å². The van der Waals surface area contributed by atoms with Crippen LogP contribution in [0.2, 0.25) is 0 Å². The van der Waals surface area contributed by atoms with Crippen LogP contribution >= 0.6 is 0 Å². The summed E-state index contributed by atoms with van der Waals surface area (Å²) in [5.41, 5.74) is -1.03. The molecular weight excluding hydrogens is 327 g/mol. The molecule has 0 saturated heterocycles. The summed E-state index contributed by atoms with van der Waals surface area (Å²) in [6, 6.07) is 7.75. The van der Waals surface area contributed by atoms with Crippen LogP contribution in [0.3, 0.4) is 0 Å². The highest BCUT2D eigenvalue weighted by Gasteiger charge is 2.33. The molecule has 24 heavy (non-hydrogen) atoms. The van der Waals surface area contributed by atoms with Crippen LogP contribution < -0.4 is 14.8 Å². The Balaban J connectivity index is 1.70. The molecule has 0 atom stereocenters. The molecule has 1 aromatic heterocycles.